The van der Waals surface area contributed by atoms with Gasteiger partial charge in [0.1, 0.15) is 0 Å². The van der Waals surface area contributed by atoms with Crippen LogP contribution in [0.15, 0.2) is 54.6 Å². The van der Waals surface area contributed by atoms with Gasteiger partial charge in [-0.15, -0.1) is 23.5 Å². The Bertz CT molecular complexity index is 1370. The molecular formula is C26H27ClN2O3S2. The molecule has 34 heavy (non-hydrogen) atoms. The molecule has 0 aliphatic carbocycles. The first-order valence-electron chi connectivity index (χ1n) is 13.4. The fourth-order valence-electron chi connectivity index (χ4n) is 3.05. The highest BCUT2D eigenvalue weighted by atomic mass is 35.5. The van der Waals surface area contributed by atoms with Crippen molar-refractivity contribution in [1.82, 2.24) is 9.88 Å². The quantitative estimate of drug-likeness (QED) is 0.292. The predicted octanol–water partition coefficient (Wildman–Crippen LogP) is 6.48. The van der Waals surface area contributed by atoms with Crippen molar-refractivity contribution >= 4 is 70.1 Å². The van der Waals surface area contributed by atoms with Gasteiger partial charge in [0.05, 0.1) is 22.2 Å². The number of amides is 1. The van der Waals surface area contributed by atoms with E-state index in [1.54, 1.807) is 6.07 Å². The summed E-state index contributed by atoms with van der Waals surface area (Å²) in [6.45, 7) is -6.18. The van der Waals surface area contributed by atoms with Gasteiger partial charge in [-0.3, -0.25) is 9.59 Å². The first-order valence-corrected chi connectivity index (χ1v) is 12.8. The molecule has 3 aromatic rings. The summed E-state index contributed by atoms with van der Waals surface area (Å²) in [5.74, 6) is -1.46. The minimum absolute atomic E-state index is 0.0344. The second-order valence-corrected chi connectivity index (χ2v) is 10.4. The summed E-state index contributed by atoms with van der Waals surface area (Å²) < 4.78 is 44.3. The summed E-state index contributed by atoms with van der Waals surface area (Å²) in [4.78, 5) is 28.2. The molecule has 1 atom stereocenters. The zero-order valence-corrected chi connectivity index (χ0v) is 20.5. The number of halogens is 1. The Morgan fingerprint density at radius 1 is 1.09 bits per heavy atom. The number of carbonyl (C=O) groups is 2. The van der Waals surface area contributed by atoms with Crippen LogP contribution in [0.25, 0.3) is 23.1 Å². The number of nitrogens with zero attached hydrogens (tertiary/aromatic N) is 2. The Morgan fingerprint density at radius 2 is 1.85 bits per heavy atom. The molecule has 2 aromatic carbocycles. The highest BCUT2D eigenvalue weighted by Crippen LogP contribution is 2.40. The van der Waals surface area contributed by atoms with E-state index in [1.807, 2.05) is 60.7 Å². The molecule has 1 N–H and O–H groups in total. The number of hydrogen-bond donors (Lipinski definition) is 1. The second kappa shape index (κ2) is 12.8. The molecule has 1 amide bonds. The van der Waals surface area contributed by atoms with Crippen LogP contribution in [0.2, 0.25) is 5.02 Å². The lowest BCUT2D eigenvalue weighted by molar-refractivity contribution is -0.136. The molecule has 0 aliphatic rings. The number of rotatable bonds is 11. The molecule has 8 heteroatoms. The number of carboxylic acid groups (broad SMARTS) is 1. The molecule has 5 nitrogen and oxygen atoms in total. The molecule has 0 spiro atoms. The van der Waals surface area contributed by atoms with Crippen molar-refractivity contribution in [3.8, 4) is 0 Å². The Labute approximate surface area is 222 Å². The number of aromatic nitrogens is 1. The van der Waals surface area contributed by atoms with Gasteiger partial charge < -0.3 is 10.0 Å². The third-order valence-electron chi connectivity index (χ3n) is 4.72. The Morgan fingerprint density at radius 3 is 2.62 bits per heavy atom. The molecule has 0 saturated heterocycles. The fourth-order valence-corrected chi connectivity index (χ4v) is 5.87. The second-order valence-electron chi connectivity index (χ2n) is 7.27. The highest BCUT2D eigenvalue weighted by Gasteiger charge is 2.15. The minimum Gasteiger partial charge on any atom is -0.481 e. The molecule has 0 radical (unpaired) electrons. The molecule has 0 saturated carbocycles. The lowest BCUT2D eigenvalue weighted by Gasteiger charge is -2.18. The van der Waals surface area contributed by atoms with Crippen molar-refractivity contribution in [3.63, 3.8) is 0 Å². The van der Waals surface area contributed by atoms with Gasteiger partial charge in [0.25, 0.3) is 0 Å². The van der Waals surface area contributed by atoms with E-state index in [9.17, 15) is 9.59 Å². The number of hydrogen-bond acceptors (Lipinski definition) is 5. The number of benzene rings is 2. The zero-order valence-electron chi connectivity index (χ0n) is 24.1. The lowest BCUT2D eigenvalue weighted by atomic mass is 10.1. The van der Waals surface area contributed by atoms with Crippen LogP contribution in [0.1, 0.15) is 42.5 Å². The van der Waals surface area contributed by atoms with Crippen LogP contribution in [0.3, 0.4) is 0 Å². The van der Waals surface area contributed by atoms with Crippen LogP contribution in [0.4, 0.5) is 0 Å². The Hall–Kier alpha value is -2.48. The van der Waals surface area contributed by atoms with Crippen molar-refractivity contribution in [1.29, 1.82) is 0 Å². The molecule has 0 fully saturated rings. The first-order chi connectivity index (χ1) is 18.7. The molecule has 1 unspecified atom stereocenters. The highest BCUT2D eigenvalue weighted by molar-refractivity contribution is 8.16. The summed E-state index contributed by atoms with van der Waals surface area (Å²) in [6.07, 6.45) is 3.43. The SMILES string of the molecule is [2H]C([2H])([2H])N(C(=O)CCSC(SCCC(=O)O)c1cccc(/C=C/c2ccc3ccc(Cl)cc3n2)c1)C([2H])([2H])[2H]. The standard InChI is InChI=1S/C26H27ClN2O3S2/c1-29(2)24(30)12-14-33-26(34-15-13-25(31)32)20-5-3-4-18(16-20)6-10-22-11-8-19-7-9-21(27)17-23(19)28-22/h3-11,16-17,26H,12-15H2,1-2H3,(H,31,32)/b10-6+/i1D3,2D3. The maximum atomic E-state index is 12.5. The van der Waals surface area contributed by atoms with Crippen LogP contribution in [-0.2, 0) is 9.59 Å². The van der Waals surface area contributed by atoms with Crippen LogP contribution in [0, 0.1) is 0 Å². The molecule has 3 rings (SSSR count). The van der Waals surface area contributed by atoms with Gasteiger partial charge in [0.15, 0.2) is 0 Å². The number of thioether (sulfide) groups is 2. The summed E-state index contributed by atoms with van der Waals surface area (Å²) >= 11 is 8.80. The van der Waals surface area contributed by atoms with Crippen molar-refractivity contribution in [2.45, 2.75) is 17.4 Å². The van der Waals surface area contributed by atoms with Crippen LogP contribution < -0.4 is 0 Å². The van der Waals surface area contributed by atoms with E-state index in [0.29, 0.717) is 10.8 Å². The van der Waals surface area contributed by atoms with Crippen molar-refractivity contribution in [2.24, 2.45) is 0 Å². The van der Waals surface area contributed by atoms with E-state index in [2.05, 4.69) is 4.98 Å². The molecular weight excluding hydrogens is 488 g/mol. The normalized spacial score (nSPS) is 15.6. The largest absolute Gasteiger partial charge is 0.481 e. The molecule has 0 aliphatic heterocycles. The van der Waals surface area contributed by atoms with Gasteiger partial charge in [0, 0.05) is 50.5 Å². The number of carbonyl (C=O) groups excluding carboxylic acids is 1. The van der Waals surface area contributed by atoms with Gasteiger partial charge in [-0.2, -0.15) is 0 Å². The molecule has 1 aromatic heterocycles. The summed E-state index contributed by atoms with van der Waals surface area (Å²) in [5.41, 5.74) is 3.27. The van der Waals surface area contributed by atoms with Crippen molar-refractivity contribution in [3.05, 3.63) is 76.4 Å². The van der Waals surface area contributed by atoms with E-state index in [-0.39, 0.29) is 28.1 Å². The number of carboxylic acids is 1. The van der Waals surface area contributed by atoms with Gasteiger partial charge in [-0.05, 0) is 41.5 Å². The maximum absolute atomic E-state index is 12.5. The molecule has 0 bridgehead atoms. The van der Waals surface area contributed by atoms with Gasteiger partial charge >= 0.3 is 5.97 Å². The van der Waals surface area contributed by atoms with Crippen molar-refractivity contribution < 1.29 is 22.9 Å². The maximum Gasteiger partial charge on any atom is 0.304 e. The van der Waals surface area contributed by atoms with Crippen LogP contribution in [-0.4, -0.2) is 52.3 Å². The van der Waals surface area contributed by atoms with E-state index >= 15 is 0 Å². The van der Waals surface area contributed by atoms with Gasteiger partial charge in [-0.1, -0.05) is 48.0 Å². The number of pyridine rings is 1. The number of fused-ring (bicyclic) bond motifs is 1. The van der Waals surface area contributed by atoms with Crippen LogP contribution in [0.5, 0.6) is 0 Å². The zero-order chi connectivity index (χ0) is 29.5. The summed E-state index contributed by atoms with van der Waals surface area (Å²) in [5, 5.41) is 10.6. The molecule has 1 heterocycles. The summed E-state index contributed by atoms with van der Waals surface area (Å²) in [6, 6.07) is 17.0. The topological polar surface area (TPSA) is 70.5 Å². The predicted molar refractivity (Wildman–Crippen MR) is 145 cm³/mol. The van der Waals surface area contributed by atoms with Gasteiger partial charge in [0.2, 0.25) is 5.91 Å². The summed E-state index contributed by atoms with van der Waals surface area (Å²) in [7, 11) is 0. The van der Waals surface area contributed by atoms with Crippen molar-refractivity contribution in [2.75, 3.05) is 25.5 Å². The van der Waals surface area contributed by atoms with Crippen LogP contribution >= 0.6 is 35.1 Å². The first kappa shape index (κ1) is 18.8. The third-order valence-corrected chi connectivity index (χ3v) is 7.81. The van der Waals surface area contributed by atoms with E-state index in [1.165, 1.54) is 23.5 Å². The lowest BCUT2D eigenvalue weighted by Crippen LogP contribution is -2.21. The average Bonchev–Trinajstić information content (AvgIpc) is 2.84. The smallest absolute Gasteiger partial charge is 0.304 e. The Balaban J connectivity index is 1.75. The minimum atomic E-state index is -3.09. The third kappa shape index (κ3) is 8.08. The van der Waals surface area contributed by atoms with E-state index in [4.69, 9.17) is 24.9 Å². The fraction of sp³-hybridized carbons (Fsp3) is 0.269. The Kier molecular flexibility index (Phi) is 7.10. The van der Waals surface area contributed by atoms with Gasteiger partial charge in [-0.25, -0.2) is 4.98 Å². The molecule has 178 valence electrons. The average molecular weight is 521 g/mol. The van der Waals surface area contributed by atoms with E-state index in [0.717, 1.165) is 27.7 Å². The number of aliphatic carboxylic acids is 1. The monoisotopic (exact) mass is 520 g/mol. The van der Waals surface area contributed by atoms with E-state index < -0.39 is 25.8 Å².